The number of rotatable bonds is 6. The van der Waals surface area contributed by atoms with Gasteiger partial charge in [0.25, 0.3) is 5.91 Å². The molecule has 3 N–H and O–H groups in total. The lowest BCUT2D eigenvalue weighted by Crippen LogP contribution is -2.22. The molecule has 0 spiro atoms. The van der Waals surface area contributed by atoms with E-state index in [0.29, 0.717) is 11.3 Å². The number of nitrogens with one attached hydrogen (secondary N) is 3. The fourth-order valence-corrected chi connectivity index (χ4v) is 2.88. The van der Waals surface area contributed by atoms with E-state index in [1.165, 1.54) is 0 Å². The number of hydrogen-bond acceptors (Lipinski definition) is 3. The zero-order valence-electron chi connectivity index (χ0n) is 16.0. The van der Waals surface area contributed by atoms with Crippen molar-refractivity contribution in [2.75, 3.05) is 22.5 Å². The first-order chi connectivity index (χ1) is 13.5. The molecule has 0 saturated heterocycles. The molecular formula is C23H23N3O2. The summed E-state index contributed by atoms with van der Waals surface area (Å²) in [5.41, 5.74) is 4.90. The van der Waals surface area contributed by atoms with E-state index in [2.05, 4.69) is 16.0 Å². The van der Waals surface area contributed by atoms with Crippen LogP contribution in [0.15, 0.2) is 72.8 Å². The summed E-state index contributed by atoms with van der Waals surface area (Å²) >= 11 is 0. The summed E-state index contributed by atoms with van der Waals surface area (Å²) in [5, 5.41) is 8.90. The first kappa shape index (κ1) is 19.2. The quantitative estimate of drug-likeness (QED) is 0.591. The molecule has 0 unspecified atom stereocenters. The zero-order chi connectivity index (χ0) is 19.9. The Morgan fingerprint density at radius 2 is 1.39 bits per heavy atom. The van der Waals surface area contributed by atoms with Gasteiger partial charge in [0.05, 0.1) is 6.54 Å². The van der Waals surface area contributed by atoms with Crippen molar-refractivity contribution in [3.63, 3.8) is 0 Å². The summed E-state index contributed by atoms with van der Waals surface area (Å²) in [4.78, 5) is 24.6. The van der Waals surface area contributed by atoms with Crippen LogP contribution in [0.2, 0.25) is 0 Å². The standard InChI is InChI=1S/C23H23N3O2/c1-16-8-6-9-17(2)22(16)26-21(27)15-24-19-12-7-13-20(14-19)25-23(28)18-10-4-3-5-11-18/h3-14,24H,15H2,1-2H3,(H,25,28)(H,26,27). The Kier molecular flexibility index (Phi) is 6.07. The van der Waals surface area contributed by atoms with Crippen LogP contribution in [0.4, 0.5) is 17.1 Å². The van der Waals surface area contributed by atoms with E-state index in [0.717, 1.165) is 22.5 Å². The number of para-hydroxylation sites is 1. The van der Waals surface area contributed by atoms with Gasteiger partial charge in [0.15, 0.2) is 0 Å². The molecule has 142 valence electrons. The number of hydrogen-bond donors (Lipinski definition) is 3. The van der Waals surface area contributed by atoms with Crippen LogP contribution in [0.3, 0.4) is 0 Å². The molecular weight excluding hydrogens is 350 g/mol. The number of anilines is 3. The number of carbonyl (C=O) groups excluding carboxylic acids is 2. The van der Waals surface area contributed by atoms with Gasteiger partial charge >= 0.3 is 0 Å². The van der Waals surface area contributed by atoms with E-state index >= 15 is 0 Å². The van der Waals surface area contributed by atoms with Gasteiger partial charge in [0, 0.05) is 22.6 Å². The Labute approximate surface area is 164 Å². The second-order valence-corrected chi connectivity index (χ2v) is 6.57. The van der Waals surface area contributed by atoms with Crippen molar-refractivity contribution >= 4 is 28.9 Å². The van der Waals surface area contributed by atoms with E-state index in [4.69, 9.17) is 0 Å². The Morgan fingerprint density at radius 1 is 0.750 bits per heavy atom. The third-order valence-corrected chi connectivity index (χ3v) is 4.36. The van der Waals surface area contributed by atoms with Crippen LogP contribution < -0.4 is 16.0 Å². The number of benzene rings is 3. The van der Waals surface area contributed by atoms with Crippen molar-refractivity contribution in [2.45, 2.75) is 13.8 Å². The fraction of sp³-hybridized carbons (Fsp3) is 0.130. The molecule has 0 aromatic heterocycles. The lowest BCUT2D eigenvalue weighted by Gasteiger charge is -2.13. The van der Waals surface area contributed by atoms with Gasteiger partial charge in [-0.05, 0) is 55.3 Å². The summed E-state index contributed by atoms with van der Waals surface area (Å²) in [6.45, 7) is 4.06. The van der Waals surface area contributed by atoms with Gasteiger partial charge in [-0.1, -0.05) is 42.5 Å². The SMILES string of the molecule is Cc1cccc(C)c1NC(=O)CNc1cccc(NC(=O)c2ccccc2)c1. The highest BCUT2D eigenvalue weighted by molar-refractivity contribution is 6.04. The van der Waals surface area contributed by atoms with Crippen LogP contribution in [0, 0.1) is 13.8 Å². The van der Waals surface area contributed by atoms with Gasteiger partial charge in [-0.2, -0.15) is 0 Å². The van der Waals surface area contributed by atoms with Crippen molar-refractivity contribution in [3.05, 3.63) is 89.5 Å². The maximum absolute atomic E-state index is 12.3. The van der Waals surface area contributed by atoms with Crippen molar-refractivity contribution in [3.8, 4) is 0 Å². The number of carbonyl (C=O) groups is 2. The third kappa shape index (κ3) is 4.98. The molecule has 0 saturated carbocycles. The monoisotopic (exact) mass is 373 g/mol. The second-order valence-electron chi connectivity index (χ2n) is 6.57. The number of aryl methyl sites for hydroxylation is 2. The average Bonchev–Trinajstić information content (AvgIpc) is 2.70. The first-order valence-corrected chi connectivity index (χ1v) is 9.09. The first-order valence-electron chi connectivity index (χ1n) is 9.09. The minimum Gasteiger partial charge on any atom is -0.376 e. The largest absolute Gasteiger partial charge is 0.376 e. The summed E-state index contributed by atoms with van der Waals surface area (Å²) in [6.07, 6.45) is 0. The summed E-state index contributed by atoms with van der Waals surface area (Å²) in [6, 6.07) is 22.2. The Morgan fingerprint density at radius 3 is 2.11 bits per heavy atom. The fourth-order valence-electron chi connectivity index (χ4n) is 2.88. The molecule has 3 aromatic rings. The molecule has 5 heteroatoms. The third-order valence-electron chi connectivity index (χ3n) is 4.36. The van der Waals surface area contributed by atoms with Gasteiger partial charge < -0.3 is 16.0 Å². The Balaban J connectivity index is 1.59. The topological polar surface area (TPSA) is 70.2 Å². The van der Waals surface area contributed by atoms with Gasteiger partial charge in [0.1, 0.15) is 0 Å². The van der Waals surface area contributed by atoms with Crippen LogP contribution in [0.5, 0.6) is 0 Å². The average molecular weight is 373 g/mol. The lowest BCUT2D eigenvalue weighted by atomic mass is 10.1. The molecule has 0 radical (unpaired) electrons. The summed E-state index contributed by atoms with van der Waals surface area (Å²) < 4.78 is 0. The molecule has 0 aliphatic rings. The predicted molar refractivity (Wildman–Crippen MR) is 114 cm³/mol. The van der Waals surface area contributed by atoms with Gasteiger partial charge in [-0.15, -0.1) is 0 Å². The summed E-state index contributed by atoms with van der Waals surface area (Å²) in [5.74, 6) is -0.304. The molecule has 0 atom stereocenters. The maximum Gasteiger partial charge on any atom is 0.255 e. The van der Waals surface area contributed by atoms with E-state index in [-0.39, 0.29) is 18.4 Å². The number of amides is 2. The van der Waals surface area contributed by atoms with E-state index in [9.17, 15) is 9.59 Å². The summed E-state index contributed by atoms with van der Waals surface area (Å²) in [7, 11) is 0. The van der Waals surface area contributed by atoms with Crippen LogP contribution in [0.25, 0.3) is 0 Å². The van der Waals surface area contributed by atoms with Gasteiger partial charge in [-0.25, -0.2) is 0 Å². The molecule has 0 aliphatic carbocycles. The van der Waals surface area contributed by atoms with Crippen LogP contribution >= 0.6 is 0 Å². The van der Waals surface area contributed by atoms with Gasteiger partial charge in [0.2, 0.25) is 5.91 Å². The molecule has 28 heavy (non-hydrogen) atoms. The predicted octanol–water partition coefficient (Wildman–Crippen LogP) is 4.61. The molecule has 0 fully saturated rings. The van der Waals surface area contributed by atoms with Crippen molar-refractivity contribution in [1.29, 1.82) is 0 Å². The van der Waals surface area contributed by atoms with Crippen molar-refractivity contribution in [2.24, 2.45) is 0 Å². The highest BCUT2D eigenvalue weighted by atomic mass is 16.2. The zero-order valence-corrected chi connectivity index (χ0v) is 16.0. The molecule has 3 rings (SSSR count). The minimum absolute atomic E-state index is 0.129. The van der Waals surface area contributed by atoms with Crippen molar-refractivity contribution < 1.29 is 9.59 Å². The second kappa shape index (κ2) is 8.86. The minimum atomic E-state index is -0.175. The highest BCUT2D eigenvalue weighted by Crippen LogP contribution is 2.20. The lowest BCUT2D eigenvalue weighted by molar-refractivity contribution is -0.114. The van der Waals surface area contributed by atoms with E-state index < -0.39 is 0 Å². The van der Waals surface area contributed by atoms with Crippen LogP contribution in [0.1, 0.15) is 21.5 Å². The smallest absolute Gasteiger partial charge is 0.255 e. The molecule has 2 amide bonds. The molecule has 3 aromatic carbocycles. The van der Waals surface area contributed by atoms with Crippen molar-refractivity contribution in [1.82, 2.24) is 0 Å². The maximum atomic E-state index is 12.3. The molecule has 0 heterocycles. The van der Waals surface area contributed by atoms with Crippen LogP contribution in [-0.2, 0) is 4.79 Å². The van der Waals surface area contributed by atoms with Crippen LogP contribution in [-0.4, -0.2) is 18.4 Å². The molecule has 5 nitrogen and oxygen atoms in total. The Hall–Kier alpha value is -3.60. The molecule has 0 bridgehead atoms. The normalized spacial score (nSPS) is 10.2. The van der Waals surface area contributed by atoms with Gasteiger partial charge in [-0.3, -0.25) is 9.59 Å². The highest BCUT2D eigenvalue weighted by Gasteiger charge is 2.08. The van der Waals surface area contributed by atoms with E-state index in [1.807, 2.05) is 68.4 Å². The molecule has 0 aliphatic heterocycles. The van der Waals surface area contributed by atoms with E-state index in [1.54, 1.807) is 18.2 Å². The Bertz CT molecular complexity index is 964.